The fourth-order valence-electron chi connectivity index (χ4n) is 4.36. The van der Waals surface area contributed by atoms with E-state index in [1.54, 1.807) is 0 Å². The van der Waals surface area contributed by atoms with Gasteiger partial charge < -0.3 is 0 Å². The Bertz CT molecular complexity index is 1190. The van der Waals surface area contributed by atoms with Crippen molar-refractivity contribution in [1.82, 2.24) is 0 Å². The second-order valence-electron chi connectivity index (χ2n) is 8.68. The van der Waals surface area contributed by atoms with Crippen molar-refractivity contribution in [1.29, 1.82) is 0 Å². The van der Waals surface area contributed by atoms with E-state index in [0.29, 0.717) is 0 Å². The van der Waals surface area contributed by atoms with Crippen LogP contribution in [0.1, 0.15) is 0 Å². The van der Waals surface area contributed by atoms with Gasteiger partial charge in [0.05, 0.1) is 0 Å². The zero-order chi connectivity index (χ0) is 25.8. The minimum atomic E-state index is -0.446. The van der Waals surface area contributed by atoms with Crippen LogP contribution in [-0.2, 0) is 36.0 Å². The molecule has 0 aromatic heterocycles. The molecule has 0 aliphatic rings. The predicted octanol–water partition coefficient (Wildman–Crippen LogP) is 7.31. The third-order valence-electron chi connectivity index (χ3n) is 6.09. The topological polar surface area (TPSA) is 0 Å². The average molecular weight is 685 g/mol. The van der Waals surface area contributed by atoms with Gasteiger partial charge in [-0.25, -0.2) is 0 Å². The Morgan fingerprint density at radius 2 is 0.366 bits per heavy atom. The van der Waals surface area contributed by atoms with Crippen molar-refractivity contribution in [3.63, 3.8) is 0 Å². The maximum absolute atomic E-state index is 2.23. The van der Waals surface area contributed by atoms with Crippen molar-refractivity contribution in [3.8, 4) is 0 Å². The van der Waals surface area contributed by atoms with E-state index in [2.05, 4.69) is 182 Å². The van der Waals surface area contributed by atoms with Crippen LogP contribution in [0.2, 0.25) is 0 Å². The first kappa shape index (κ1) is 34.8. The quantitative estimate of drug-likeness (QED) is 0.128. The predicted molar refractivity (Wildman–Crippen MR) is 178 cm³/mol. The molecule has 0 aliphatic heterocycles. The molecule has 41 heavy (non-hydrogen) atoms. The van der Waals surface area contributed by atoms with Crippen LogP contribution in [0.5, 0.6) is 0 Å². The first-order valence-corrected chi connectivity index (χ1v) is 15.5. The molecule has 5 heteroatoms. The molecule has 0 aliphatic carbocycles. The Morgan fingerprint density at radius 3 is 0.488 bits per heavy atom. The minimum absolute atomic E-state index is 0. The van der Waals surface area contributed by atoms with Gasteiger partial charge in [0.2, 0.25) is 0 Å². The summed E-state index contributed by atoms with van der Waals surface area (Å²) in [5.41, 5.74) is 0. The summed E-state index contributed by atoms with van der Waals surface area (Å²) in [6, 6.07) is 64.7. The van der Waals surface area contributed by atoms with Crippen LogP contribution in [0, 0.1) is 0 Å². The normalized spacial score (nSPS) is 9.80. The molecule has 6 aromatic rings. The van der Waals surface area contributed by atoms with E-state index in [0.717, 1.165) is 0 Å². The molecule has 0 N–H and O–H groups in total. The third kappa shape index (κ3) is 9.83. The molecule has 0 bridgehead atoms. The van der Waals surface area contributed by atoms with Crippen molar-refractivity contribution in [2.45, 2.75) is 0 Å². The first-order chi connectivity index (χ1) is 18.9. The largest absolute Gasteiger partial charge is 0.147 e. The second-order valence-corrected chi connectivity index (χ2v) is 13.1. The molecule has 0 saturated carbocycles. The fraction of sp³-hybridized carbons (Fsp3) is 0. The third-order valence-corrected chi connectivity index (χ3v) is 11.0. The fourth-order valence-corrected chi connectivity index (χ4v) is 8.97. The smallest absolute Gasteiger partial charge is 0 e. The molecule has 0 atom stereocenters. The van der Waals surface area contributed by atoms with Crippen molar-refractivity contribution in [2.24, 2.45) is 0 Å². The molecule has 0 amide bonds. The summed E-state index contributed by atoms with van der Waals surface area (Å²) in [6.07, 6.45) is 0. The second kappa shape index (κ2) is 18.9. The van der Waals surface area contributed by atoms with E-state index in [1.165, 1.54) is 31.8 Å². The van der Waals surface area contributed by atoms with E-state index in [4.69, 9.17) is 0 Å². The van der Waals surface area contributed by atoms with Crippen molar-refractivity contribution >= 4 is 60.1 Å². The van der Waals surface area contributed by atoms with Crippen LogP contribution in [0.25, 0.3) is 0 Å². The Morgan fingerprint density at radius 1 is 0.244 bits per heavy atom. The molecular formula is C36H31ClNiP2Zn. The van der Waals surface area contributed by atoms with Crippen LogP contribution in [0.15, 0.2) is 182 Å². The van der Waals surface area contributed by atoms with Crippen LogP contribution < -0.4 is 31.8 Å². The van der Waals surface area contributed by atoms with E-state index in [9.17, 15) is 0 Å². The summed E-state index contributed by atoms with van der Waals surface area (Å²) in [5, 5.41) is 8.39. The molecular weight excluding hydrogens is 654 g/mol. The summed E-state index contributed by atoms with van der Waals surface area (Å²) >= 11 is 0. The Kier molecular flexibility index (Phi) is 16.0. The van der Waals surface area contributed by atoms with E-state index < -0.39 is 15.8 Å². The zero-order valence-electron chi connectivity index (χ0n) is 22.6. The van der Waals surface area contributed by atoms with Gasteiger partial charge in [0, 0.05) is 36.0 Å². The van der Waals surface area contributed by atoms with Crippen LogP contribution in [-0.4, -0.2) is 0 Å². The Labute approximate surface area is 276 Å². The SMILES string of the molecule is Cl.[Ni].[Zn].c1ccc(P(c2ccccc2)c2ccccc2)cc1.c1ccc(P(c2ccccc2)c2ccccc2)cc1. The van der Waals surface area contributed by atoms with Gasteiger partial charge >= 0.3 is 0 Å². The van der Waals surface area contributed by atoms with Gasteiger partial charge in [0.25, 0.3) is 0 Å². The number of halogens is 1. The maximum atomic E-state index is 2.23. The molecule has 0 nitrogen and oxygen atoms in total. The molecule has 0 heterocycles. The van der Waals surface area contributed by atoms with Gasteiger partial charge in [-0.2, -0.15) is 0 Å². The molecule has 6 rings (SSSR count). The standard InChI is InChI=1S/2C18H15P.ClH.Ni.Zn/c2*1-4-10-16(11-5-1)19(17-12-6-2-7-13-17)18-14-8-3-9-15-18;;;/h2*1-15H;1H;;. The van der Waals surface area contributed by atoms with Gasteiger partial charge in [-0.1, -0.05) is 182 Å². The van der Waals surface area contributed by atoms with Gasteiger partial charge in [0.1, 0.15) is 0 Å². The zero-order valence-corrected chi connectivity index (χ0v) is 29.2. The number of rotatable bonds is 6. The molecule has 0 radical (unpaired) electrons. The van der Waals surface area contributed by atoms with Gasteiger partial charge in [-0.15, -0.1) is 12.4 Å². The summed E-state index contributed by atoms with van der Waals surface area (Å²) in [4.78, 5) is 0. The summed E-state index contributed by atoms with van der Waals surface area (Å²) < 4.78 is 0. The van der Waals surface area contributed by atoms with Crippen LogP contribution >= 0.6 is 28.3 Å². The molecule has 204 valence electrons. The Hall–Kier alpha value is -2.41. The van der Waals surface area contributed by atoms with E-state index in [1.807, 2.05) is 0 Å². The van der Waals surface area contributed by atoms with Crippen LogP contribution in [0.4, 0.5) is 0 Å². The van der Waals surface area contributed by atoms with Crippen molar-refractivity contribution in [3.05, 3.63) is 182 Å². The van der Waals surface area contributed by atoms with Gasteiger partial charge in [0.15, 0.2) is 0 Å². The average Bonchev–Trinajstić information content (AvgIpc) is 3.01. The molecule has 0 spiro atoms. The van der Waals surface area contributed by atoms with Gasteiger partial charge in [-0.05, 0) is 47.7 Å². The molecule has 0 fully saturated rings. The molecule has 0 unspecified atom stereocenters. The van der Waals surface area contributed by atoms with Crippen molar-refractivity contribution in [2.75, 3.05) is 0 Å². The summed E-state index contributed by atoms with van der Waals surface area (Å²) in [7, 11) is -0.892. The molecule has 0 saturated heterocycles. The first-order valence-electron chi connectivity index (χ1n) is 12.8. The summed E-state index contributed by atoms with van der Waals surface area (Å²) in [5.74, 6) is 0. The monoisotopic (exact) mass is 682 g/mol. The van der Waals surface area contributed by atoms with E-state index >= 15 is 0 Å². The van der Waals surface area contributed by atoms with Crippen molar-refractivity contribution < 1.29 is 36.0 Å². The number of hydrogen-bond donors (Lipinski definition) is 0. The Balaban J connectivity index is 0.000000267. The number of benzene rings is 6. The van der Waals surface area contributed by atoms with E-state index in [-0.39, 0.29) is 48.4 Å². The summed E-state index contributed by atoms with van der Waals surface area (Å²) in [6.45, 7) is 0. The van der Waals surface area contributed by atoms with Gasteiger partial charge in [-0.3, -0.25) is 0 Å². The molecule has 6 aromatic carbocycles. The minimum Gasteiger partial charge on any atom is -0.147 e. The van der Waals surface area contributed by atoms with Crippen LogP contribution in [0.3, 0.4) is 0 Å². The maximum Gasteiger partial charge on any atom is 0 e. The number of hydrogen-bond acceptors (Lipinski definition) is 0.